The second-order valence-electron chi connectivity index (χ2n) is 3.80. The van der Waals surface area contributed by atoms with Crippen molar-refractivity contribution in [2.24, 2.45) is 0 Å². The number of nitrogens with one attached hydrogen (secondary N) is 1. The van der Waals surface area contributed by atoms with E-state index in [1.165, 1.54) is 6.42 Å². The van der Waals surface area contributed by atoms with Crippen LogP contribution >= 0.6 is 0 Å². The normalized spacial score (nSPS) is 22.8. The van der Waals surface area contributed by atoms with Gasteiger partial charge in [-0.2, -0.15) is 0 Å². The van der Waals surface area contributed by atoms with Gasteiger partial charge in [-0.1, -0.05) is 0 Å². The molecule has 3 nitrogen and oxygen atoms in total. The molecule has 1 aromatic carbocycles. The molecule has 1 aliphatic rings. The molecule has 2 rings (SSSR count). The summed E-state index contributed by atoms with van der Waals surface area (Å²) in [5.74, 6) is 0.889. The van der Waals surface area contributed by atoms with Crippen LogP contribution in [0.2, 0.25) is 0 Å². The topological polar surface area (TPSA) is 49.3 Å². The van der Waals surface area contributed by atoms with Crippen LogP contribution in [0, 0.1) is 0 Å². The Morgan fingerprint density at radius 1 is 1.40 bits per heavy atom. The fourth-order valence-corrected chi connectivity index (χ4v) is 3.06. The molecule has 0 bridgehead atoms. The fourth-order valence-electron chi connectivity index (χ4n) is 1.78. The summed E-state index contributed by atoms with van der Waals surface area (Å²) >= 11 is 0. The van der Waals surface area contributed by atoms with Gasteiger partial charge in [0.25, 0.3) is 0 Å². The lowest BCUT2D eigenvalue weighted by Crippen LogP contribution is -2.27. The van der Waals surface area contributed by atoms with Gasteiger partial charge in [0.15, 0.2) is 0 Å². The van der Waals surface area contributed by atoms with E-state index in [-0.39, 0.29) is 5.75 Å². The van der Waals surface area contributed by atoms with E-state index in [1.807, 2.05) is 0 Å². The summed E-state index contributed by atoms with van der Waals surface area (Å²) in [6.07, 6.45) is 2.29. The third-order valence-corrected chi connectivity index (χ3v) is 4.12. The third-order valence-electron chi connectivity index (χ3n) is 2.61. The molecule has 1 heterocycles. The van der Waals surface area contributed by atoms with E-state index in [4.69, 9.17) is 5.11 Å². The Morgan fingerprint density at radius 2 is 2.13 bits per heavy atom. The van der Waals surface area contributed by atoms with Crippen LogP contribution in [0.4, 0.5) is 0 Å². The molecule has 2 N–H and O–H groups in total. The smallest absolute Gasteiger partial charge is 0.115 e. The van der Waals surface area contributed by atoms with Crippen molar-refractivity contribution in [2.75, 3.05) is 12.3 Å². The molecule has 1 saturated heterocycles. The van der Waals surface area contributed by atoms with Gasteiger partial charge in [0.1, 0.15) is 5.75 Å². The summed E-state index contributed by atoms with van der Waals surface area (Å²) in [6, 6.07) is 6.99. The zero-order valence-electron chi connectivity index (χ0n) is 8.48. The second-order valence-corrected chi connectivity index (χ2v) is 5.30. The zero-order chi connectivity index (χ0) is 10.7. The standard InChI is InChI=1S/C11H15NO2S/c13-10-3-5-11(6-4-10)15(14)8-9-2-1-7-12-9/h3-6,9,12-13H,1-2,7-8H2. The van der Waals surface area contributed by atoms with Gasteiger partial charge in [-0.3, -0.25) is 4.21 Å². The Hall–Kier alpha value is -0.870. The number of hydrogen-bond donors (Lipinski definition) is 2. The van der Waals surface area contributed by atoms with Crippen molar-refractivity contribution in [2.45, 2.75) is 23.8 Å². The molecular formula is C11H15NO2S. The highest BCUT2D eigenvalue weighted by atomic mass is 32.2. The van der Waals surface area contributed by atoms with Crippen molar-refractivity contribution >= 4 is 10.8 Å². The van der Waals surface area contributed by atoms with E-state index >= 15 is 0 Å². The Kier molecular flexibility index (Phi) is 3.38. The largest absolute Gasteiger partial charge is 0.508 e. The van der Waals surface area contributed by atoms with Gasteiger partial charge in [-0.05, 0) is 43.7 Å². The predicted molar refractivity (Wildman–Crippen MR) is 60.4 cm³/mol. The van der Waals surface area contributed by atoms with Crippen molar-refractivity contribution in [3.05, 3.63) is 24.3 Å². The first kappa shape index (κ1) is 10.6. The number of phenolic OH excluding ortho intramolecular Hbond substituents is 1. The van der Waals surface area contributed by atoms with Gasteiger partial charge in [0, 0.05) is 16.7 Å². The number of aromatic hydroxyl groups is 1. The van der Waals surface area contributed by atoms with Gasteiger partial charge in [0.2, 0.25) is 0 Å². The van der Waals surface area contributed by atoms with Gasteiger partial charge < -0.3 is 10.4 Å². The summed E-state index contributed by atoms with van der Waals surface area (Å²) in [5, 5.41) is 12.4. The van der Waals surface area contributed by atoms with Crippen molar-refractivity contribution in [3.8, 4) is 5.75 Å². The highest BCUT2D eigenvalue weighted by Crippen LogP contribution is 2.15. The van der Waals surface area contributed by atoms with Gasteiger partial charge in [-0.25, -0.2) is 0 Å². The Balaban J connectivity index is 1.98. The lowest BCUT2D eigenvalue weighted by molar-refractivity contribution is 0.475. The number of hydrogen-bond acceptors (Lipinski definition) is 3. The van der Waals surface area contributed by atoms with Gasteiger partial charge in [0.05, 0.1) is 10.8 Å². The third kappa shape index (κ3) is 2.79. The molecule has 15 heavy (non-hydrogen) atoms. The number of phenols is 1. The van der Waals surface area contributed by atoms with Crippen LogP contribution in [0.15, 0.2) is 29.2 Å². The molecular weight excluding hydrogens is 210 g/mol. The van der Waals surface area contributed by atoms with E-state index in [0.717, 1.165) is 17.9 Å². The van der Waals surface area contributed by atoms with Crippen LogP contribution in [0.1, 0.15) is 12.8 Å². The highest BCUT2D eigenvalue weighted by molar-refractivity contribution is 7.85. The zero-order valence-corrected chi connectivity index (χ0v) is 9.30. The van der Waals surface area contributed by atoms with Crippen molar-refractivity contribution in [3.63, 3.8) is 0 Å². The van der Waals surface area contributed by atoms with Gasteiger partial charge in [-0.15, -0.1) is 0 Å². The van der Waals surface area contributed by atoms with Gasteiger partial charge >= 0.3 is 0 Å². The summed E-state index contributed by atoms with van der Waals surface area (Å²) in [5.41, 5.74) is 0. The SMILES string of the molecule is O=S(CC1CCCN1)c1ccc(O)cc1. The molecule has 0 radical (unpaired) electrons. The molecule has 4 heteroatoms. The maximum Gasteiger partial charge on any atom is 0.115 e. The summed E-state index contributed by atoms with van der Waals surface area (Å²) < 4.78 is 11.9. The molecule has 1 fully saturated rings. The fraction of sp³-hybridized carbons (Fsp3) is 0.455. The Morgan fingerprint density at radius 3 is 2.73 bits per heavy atom. The molecule has 1 aromatic rings. The average molecular weight is 225 g/mol. The Bertz CT molecular complexity index is 344. The van der Waals surface area contributed by atoms with E-state index in [1.54, 1.807) is 24.3 Å². The first-order chi connectivity index (χ1) is 7.25. The number of rotatable bonds is 3. The van der Waals surface area contributed by atoms with Crippen molar-refractivity contribution in [1.82, 2.24) is 5.32 Å². The molecule has 0 aromatic heterocycles. The van der Waals surface area contributed by atoms with E-state index < -0.39 is 10.8 Å². The quantitative estimate of drug-likeness (QED) is 0.814. The lowest BCUT2D eigenvalue weighted by atomic mass is 10.3. The van der Waals surface area contributed by atoms with Crippen LogP contribution in [0.3, 0.4) is 0 Å². The minimum Gasteiger partial charge on any atom is -0.508 e. The minimum absolute atomic E-state index is 0.217. The molecule has 0 aliphatic carbocycles. The molecule has 0 saturated carbocycles. The molecule has 0 amide bonds. The lowest BCUT2D eigenvalue weighted by Gasteiger charge is -2.09. The summed E-state index contributed by atoms with van der Waals surface area (Å²) in [4.78, 5) is 0.793. The van der Waals surface area contributed by atoms with E-state index in [9.17, 15) is 4.21 Å². The minimum atomic E-state index is -0.955. The maximum absolute atomic E-state index is 11.9. The van der Waals surface area contributed by atoms with Crippen LogP contribution < -0.4 is 5.32 Å². The molecule has 2 unspecified atom stereocenters. The summed E-state index contributed by atoms with van der Waals surface area (Å²) in [6.45, 7) is 1.04. The molecule has 2 atom stereocenters. The Labute approximate surface area is 92.0 Å². The molecule has 0 spiro atoms. The second kappa shape index (κ2) is 4.77. The van der Waals surface area contributed by atoms with Crippen LogP contribution in [-0.4, -0.2) is 27.7 Å². The first-order valence-corrected chi connectivity index (χ1v) is 6.48. The first-order valence-electron chi connectivity index (χ1n) is 5.16. The van der Waals surface area contributed by atoms with E-state index in [0.29, 0.717) is 11.8 Å². The van der Waals surface area contributed by atoms with E-state index in [2.05, 4.69) is 5.32 Å². The van der Waals surface area contributed by atoms with Crippen LogP contribution in [0.25, 0.3) is 0 Å². The number of benzene rings is 1. The maximum atomic E-state index is 11.9. The average Bonchev–Trinajstić information content (AvgIpc) is 2.71. The van der Waals surface area contributed by atoms with Crippen LogP contribution in [0.5, 0.6) is 5.75 Å². The molecule has 82 valence electrons. The van der Waals surface area contributed by atoms with Crippen molar-refractivity contribution in [1.29, 1.82) is 0 Å². The highest BCUT2D eigenvalue weighted by Gasteiger charge is 2.17. The van der Waals surface area contributed by atoms with Crippen LogP contribution in [-0.2, 0) is 10.8 Å². The van der Waals surface area contributed by atoms with Crippen molar-refractivity contribution < 1.29 is 9.32 Å². The summed E-state index contributed by atoms with van der Waals surface area (Å²) in [7, 11) is -0.955. The molecule has 1 aliphatic heterocycles. The predicted octanol–water partition coefficient (Wildman–Crippen LogP) is 1.25. The monoisotopic (exact) mass is 225 g/mol.